The van der Waals surface area contributed by atoms with E-state index in [4.69, 9.17) is 8.83 Å². The van der Waals surface area contributed by atoms with Crippen LogP contribution in [0.15, 0.2) is 117 Å². The Morgan fingerprint density at radius 2 is 0.958 bits per heavy atom. The molecule has 0 N–H and O–H groups in total. The number of benzene rings is 4. The first-order chi connectivity index (χ1) is 22.0. The Labute approximate surface area is 299 Å². The van der Waals surface area contributed by atoms with E-state index in [1.807, 2.05) is 0 Å². The van der Waals surface area contributed by atoms with Gasteiger partial charge in [-0.05, 0) is 0 Å². The third-order valence-corrected chi connectivity index (χ3v) is 28.1. The van der Waals surface area contributed by atoms with E-state index in [0.717, 1.165) is 33.5 Å². The summed E-state index contributed by atoms with van der Waals surface area (Å²) in [5.41, 5.74) is 13.2. The monoisotopic (exact) mass is 768 g/mol. The van der Waals surface area contributed by atoms with Crippen LogP contribution in [0.5, 0.6) is 0 Å². The molecule has 0 saturated heterocycles. The van der Waals surface area contributed by atoms with E-state index in [-0.39, 0.29) is 24.8 Å². The van der Waals surface area contributed by atoms with Gasteiger partial charge in [-0.1, -0.05) is 0 Å². The molecule has 2 aliphatic carbocycles. The Balaban J connectivity index is 0.00000201. The van der Waals surface area contributed by atoms with Crippen molar-refractivity contribution in [2.24, 2.45) is 11.8 Å². The van der Waals surface area contributed by atoms with Crippen molar-refractivity contribution in [1.82, 2.24) is 0 Å². The Kier molecular flexibility index (Phi) is 9.08. The molecular formula is C42H44Cl2O2SiZr. The Hall–Kier alpha value is -2.88. The van der Waals surface area contributed by atoms with Gasteiger partial charge in [0, 0.05) is 0 Å². The first-order valence-electron chi connectivity index (χ1n) is 16.7. The molecule has 2 nitrogen and oxygen atoms in total. The number of halogens is 2. The van der Waals surface area contributed by atoms with E-state index in [2.05, 4.69) is 153 Å². The molecule has 246 valence electrons. The van der Waals surface area contributed by atoms with Gasteiger partial charge in [-0.25, -0.2) is 0 Å². The quantitative estimate of drug-likeness (QED) is 0.158. The Morgan fingerprint density at radius 3 is 1.33 bits per heavy atom. The van der Waals surface area contributed by atoms with Gasteiger partial charge in [0.1, 0.15) is 0 Å². The van der Waals surface area contributed by atoms with Gasteiger partial charge in [0.05, 0.1) is 0 Å². The molecule has 0 amide bonds. The molecule has 6 heteroatoms. The third kappa shape index (κ3) is 5.39. The molecule has 2 aromatic heterocycles. The van der Waals surface area contributed by atoms with Crippen LogP contribution in [0.3, 0.4) is 0 Å². The Morgan fingerprint density at radius 1 is 0.562 bits per heavy atom. The number of hydrogen-bond donors (Lipinski definition) is 0. The van der Waals surface area contributed by atoms with E-state index in [1.165, 1.54) is 33.4 Å². The number of fused-ring (bicyclic) bond motifs is 4. The summed E-state index contributed by atoms with van der Waals surface area (Å²) in [6, 6.07) is 35.0. The van der Waals surface area contributed by atoms with E-state index in [9.17, 15) is 0 Å². The van der Waals surface area contributed by atoms with E-state index >= 15 is 0 Å². The van der Waals surface area contributed by atoms with Gasteiger partial charge in [0.15, 0.2) is 0 Å². The van der Waals surface area contributed by atoms with Gasteiger partial charge in [-0.2, -0.15) is 0 Å². The Bertz CT molecular complexity index is 2110. The molecular weight excluding hydrogens is 727 g/mol. The summed E-state index contributed by atoms with van der Waals surface area (Å²) in [7, 11) is 0. The predicted octanol–water partition coefficient (Wildman–Crippen LogP) is 12.6. The normalized spacial score (nSPS) is 17.3. The summed E-state index contributed by atoms with van der Waals surface area (Å²) in [6.45, 7) is 12.0. The fourth-order valence-corrected chi connectivity index (χ4v) is 28.7. The van der Waals surface area contributed by atoms with Crippen LogP contribution in [0.25, 0.3) is 56.7 Å². The van der Waals surface area contributed by atoms with Crippen LogP contribution in [-0.2, 0) is 17.4 Å². The van der Waals surface area contributed by atoms with Gasteiger partial charge in [-0.3, -0.25) is 0 Å². The van der Waals surface area contributed by atoms with Crippen molar-refractivity contribution in [3.05, 3.63) is 130 Å². The SMILES string of the molecule is CC(C)C1=Cc2c(-c3cc4ccccc4o3)cccc2[CH]1[Zr]([CH3])([CH3])(=[SiH2])[CH]1C(C(C)C)=Cc2c(-c3cc4ccccc4o3)cccc21.Cl.Cl. The molecule has 2 aliphatic rings. The van der Waals surface area contributed by atoms with Crippen molar-refractivity contribution in [2.75, 3.05) is 0 Å². The molecule has 2 atom stereocenters. The third-order valence-electron chi connectivity index (χ3n) is 10.8. The van der Waals surface area contributed by atoms with Crippen LogP contribution in [0.1, 0.15) is 57.2 Å². The van der Waals surface area contributed by atoms with Gasteiger partial charge >= 0.3 is 276 Å². The summed E-state index contributed by atoms with van der Waals surface area (Å²) < 4.78 is 19.3. The fraction of sp³-hybridized carbons (Fsp3) is 0.238. The molecule has 0 aliphatic heterocycles. The molecule has 48 heavy (non-hydrogen) atoms. The average molecular weight is 771 g/mol. The molecule has 0 bridgehead atoms. The number of allylic oxidation sites excluding steroid dienone is 2. The van der Waals surface area contributed by atoms with Crippen molar-refractivity contribution < 1.29 is 26.2 Å². The standard InChI is InChI=1S/2C20H17O.2CH3.2ClH.H2Si.Zr/c2*1-13(2)16-10-14-7-5-8-17(18(14)11-16)20-12-15-6-3-4-9-19(15)21-20;;;;;;/h2*3-13H,1-2H3;2*1H3;2*1H;1H2;. The van der Waals surface area contributed by atoms with Crippen molar-refractivity contribution in [3.63, 3.8) is 0 Å². The molecule has 0 saturated carbocycles. The summed E-state index contributed by atoms with van der Waals surface area (Å²) in [5, 5.41) is 2.31. The van der Waals surface area contributed by atoms with Crippen LogP contribution in [0, 0.1) is 11.8 Å². The summed E-state index contributed by atoms with van der Waals surface area (Å²) in [5.74, 6) is 2.83. The first kappa shape index (κ1) is 35.0. The topological polar surface area (TPSA) is 26.3 Å². The first-order valence-corrected chi connectivity index (χ1v) is 30.4. The van der Waals surface area contributed by atoms with E-state index in [0.29, 0.717) is 19.1 Å². The fourth-order valence-electron chi connectivity index (χ4n) is 8.79. The average Bonchev–Trinajstić information content (AvgIpc) is 3.81. The minimum absolute atomic E-state index is 0. The molecule has 0 radical (unpaired) electrons. The van der Waals surface area contributed by atoms with Crippen molar-refractivity contribution in [2.45, 2.75) is 44.2 Å². The zero-order valence-electron chi connectivity index (χ0n) is 28.5. The van der Waals surface area contributed by atoms with E-state index in [1.54, 1.807) is 11.1 Å². The minimum Gasteiger partial charge on any atom is -0.147 e. The van der Waals surface area contributed by atoms with Crippen LogP contribution in [-0.4, -0.2) is 6.88 Å². The summed E-state index contributed by atoms with van der Waals surface area (Å²) in [6.07, 6.45) is 5.09. The zero-order chi connectivity index (χ0) is 32.0. The van der Waals surface area contributed by atoms with Crippen LogP contribution < -0.4 is 0 Å². The van der Waals surface area contributed by atoms with Gasteiger partial charge in [0.25, 0.3) is 0 Å². The second kappa shape index (κ2) is 12.5. The van der Waals surface area contributed by atoms with E-state index < -0.39 is 17.4 Å². The van der Waals surface area contributed by atoms with Gasteiger partial charge in [-0.15, -0.1) is 24.8 Å². The van der Waals surface area contributed by atoms with Crippen molar-refractivity contribution >= 4 is 65.8 Å². The number of hydrogen-bond acceptors (Lipinski definition) is 2. The van der Waals surface area contributed by atoms with Gasteiger partial charge in [0.2, 0.25) is 0 Å². The van der Waals surface area contributed by atoms with Crippen LogP contribution in [0.4, 0.5) is 0 Å². The van der Waals surface area contributed by atoms with Crippen molar-refractivity contribution in [1.29, 1.82) is 0 Å². The second-order valence-corrected chi connectivity index (χ2v) is 45.8. The number of para-hydroxylation sites is 2. The number of rotatable bonds is 6. The van der Waals surface area contributed by atoms with Crippen molar-refractivity contribution in [3.8, 4) is 22.6 Å². The molecule has 0 fully saturated rings. The van der Waals surface area contributed by atoms with Gasteiger partial charge < -0.3 is 0 Å². The summed E-state index contributed by atoms with van der Waals surface area (Å²) in [4.78, 5) is 0. The van der Waals surface area contributed by atoms with Crippen LogP contribution >= 0.6 is 24.8 Å². The second-order valence-electron chi connectivity index (χ2n) is 15.3. The maximum Gasteiger partial charge on any atom is -0.147 e. The van der Waals surface area contributed by atoms with Crippen LogP contribution in [0.2, 0.25) is 9.26 Å². The largest absolute Gasteiger partial charge is 0.147 e. The maximum absolute atomic E-state index is 6.46. The predicted molar refractivity (Wildman–Crippen MR) is 209 cm³/mol. The molecule has 2 heterocycles. The zero-order valence-corrected chi connectivity index (χ0v) is 34.0. The number of furan rings is 2. The molecule has 4 aromatic carbocycles. The smallest absolute Gasteiger partial charge is 0.147 e. The molecule has 2 unspecified atom stereocenters. The molecule has 6 aromatic rings. The summed E-state index contributed by atoms with van der Waals surface area (Å²) >= 11 is -3.81. The minimum atomic E-state index is -3.81. The molecule has 0 spiro atoms. The maximum atomic E-state index is 6.46. The molecule has 8 rings (SSSR count).